The number of carbonyl (C=O) groups is 1. The third-order valence-electron chi connectivity index (χ3n) is 3.68. The highest BCUT2D eigenvalue weighted by Crippen LogP contribution is 2.39. The summed E-state index contributed by atoms with van der Waals surface area (Å²) in [4.78, 5) is 16.2. The third-order valence-corrected chi connectivity index (χ3v) is 5.15. The van der Waals surface area contributed by atoms with Gasteiger partial charge in [0.05, 0.1) is 6.04 Å². The molecule has 0 aromatic heterocycles. The summed E-state index contributed by atoms with van der Waals surface area (Å²) in [6.45, 7) is 8.16. The van der Waals surface area contributed by atoms with Crippen LogP contribution < -0.4 is 5.32 Å². The summed E-state index contributed by atoms with van der Waals surface area (Å²) >= 11 is 1.54. The van der Waals surface area contributed by atoms with E-state index in [1.807, 2.05) is 25.1 Å². The summed E-state index contributed by atoms with van der Waals surface area (Å²) in [5, 5.41) is 4.06. The minimum atomic E-state index is -0.432. The zero-order valence-corrected chi connectivity index (χ0v) is 12.6. The van der Waals surface area contributed by atoms with Gasteiger partial charge in [-0.05, 0) is 25.3 Å². The Kier molecular flexibility index (Phi) is 3.99. The van der Waals surface area contributed by atoms with E-state index in [4.69, 9.17) is 0 Å². The van der Waals surface area contributed by atoms with Crippen LogP contribution in [0.15, 0.2) is 35.3 Å². The fourth-order valence-corrected chi connectivity index (χ4v) is 3.04. The number of amides is 1. The zero-order valence-electron chi connectivity index (χ0n) is 11.8. The molecule has 1 aromatic carbocycles. The number of nitrogens with one attached hydrogen (secondary N) is 1. The second-order valence-corrected chi connectivity index (χ2v) is 6.80. The molecular formula is C15H20N2OS. The quantitative estimate of drug-likeness (QED) is 0.920. The molecule has 0 saturated heterocycles. The monoisotopic (exact) mass is 276 g/mol. The first-order valence-corrected chi connectivity index (χ1v) is 7.38. The number of thioether (sulfide) groups is 1. The van der Waals surface area contributed by atoms with Crippen molar-refractivity contribution in [2.75, 3.05) is 0 Å². The van der Waals surface area contributed by atoms with Gasteiger partial charge in [-0.3, -0.25) is 4.79 Å². The van der Waals surface area contributed by atoms with Crippen LogP contribution in [0, 0.1) is 5.92 Å². The van der Waals surface area contributed by atoms with E-state index in [1.165, 1.54) is 5.56 Å². The predicted octanol–water partition coefficient (Wildman–Crippen LogP) is 3.38. The zero-order chi connectivity index (χ0) is 14.0. The molecule has 0 saturated carbocycles. The van der Waals surface area contributed by atoms with Crippen molar-refractivity contribution in [1.29, 1.82) is 0 Å². The molecular weight excluding hydrogens is 256 g/mol. The Morgan fingerprint density at radius 3 is 2.37 bits per heavy atom. The normalized spacial score (nSPS) is 24.5. The highest BCUT2D eigenvalue weighted by molar-refractivity contribution is 8.16. The number of nitrogens with zero attached hydrogens (tertiary/aromatic N) is 1. The molecule has 1 aromatic rings. The third kappa shape index (κ3) is 2.84. The average Bonchev–Trinajstić information content (AvgIpc) is 2.67. The Bertz CT molecular complexity index is 498. The van der Waals surface area contributed by atoms with E-state index in [9.17, 15) is 4.79 Å². The minimum absolute atomic E-state index is 0.0322. The van der Waals surface area contributed by atoms with Crippen molar-refractivity contribution in [3.8, 4) is 0 Å². The second kappa shape index (κ2) is 5.37. The maximum absolute atomic E-state index is 12.0. The Morgan fingerprint density at radius 1 is 1.21 bits per heavy atom. The van der Waals surface area contributed by atoms with Crippen molar-refractivity contribution >= 4 is 22.8 Å². The van der Waals surface area contributed by atoms with Gasteiger partial charge in [-0.1, -0.05) is 55.9 Å². The van der Waals surface area contributed by atoms with Crippen LogP contribution in [-0.4, -0.2) is 15.8 Å². The van der Waals surface area contributed by atoms with Crippen LogP contribution in [0.25, 0.3) is 0 Å². The molecule has 1 heterocycles. The molecule has 102 valence electrons. The molecule has 0 spiro atoms. The smallest absolute Gasteiger partial charge is 0.264 e. The molecule has 0 unspecified atom stereocenters. The number of benzene rings is 1. The molecule has 0 fully saturated rings. The molecule has 0 radical (unpaired) electrons. The second-order valence-electron chi connectivity index (χ2n) is 5.36. The summed E-state index contributed by atoms with van der Waals surface area (Å²) in [6.07, 6.45) is 0. The van der Waals surface area contributed by atoms with E-state index in [-0.39, 0.29) is 17.9 Å². The van der Waals surface area contributed by atoms with Gasteiger partial charge >= 0.3 is 0 Å². The summed E-state index contributed by atoms with van der Waals surface area (Å²) in [5.41, 5.74) is 1.19. The molecule has 3 nitrogen and oxygen atoms in total. The van der Waals surface area contributed by atoms with Gasteiger partial charge < -0.3 is 5.32 Å². The van der Waals surface area contributed by atoms with Crippen LogP contribution in [0.3, 0.4) is 0 Å². The van der Waals surface area contributed by atoms with Gasteiger partial charge in [-0.2, -0.15) is 4.99 Å². The average molecular weight is 276 g/mol. The largest absolute Gasteiger partial charge is 0.358 e. The lowest BCUT2D eigenvalue weighted by Crippen LogP contribution is -2.34. The Hall–Kier alpha value is -1.29. The van der Waals surface area contributed by atoms with Gasteiger partial charge in [0, 0.05) is 0 Å². The Balaban J connectivity index is 2.06. The van der Waals surface area contributed by atoms with Crippen LogP contribution in [0.5, 0.6) is 0 Å². The van der Waals surface area contributed by atoms with Crippen LogP contribution in [-0.2, 0) is 4.79 Å². The Morgan fingerprint density at radius 2 is 1.84 bits per heavy atom. The first-order chi connectivity index (χ1) is 8.93. The van der Waals surface area contributed by atoms with Gasteiger partial charge in [0.1, 0.15) is 4.75 Å². The topological polar surface area (TPSA) is 41.5 Å². The van der Waals surface area contributed by atoms with E-state index < -0.39 is 4.75 Å². The molecule has 1 aliphatic heterocycles. The van der Waals surface area contributed by atoms with Crippen molar-refractivity contribution < 1.29 is 4.79 Å². The van der Waals surface area contributed by atoms with E-state index >= 15 is 0 Å². The fourth-order valence-electron chi connectivity index (χ4n) is 1.91. The van der Waals surface area contributed by atoms with Crippen molar-refractivity contribution in [1.82, 2.24) is 5.32 Å². The highest BCUT2D eigenvalue weighted by Gasteiger charge is 2.43. The number of amidine groups is 1. The lowest BCUT2D eigenvalue weighted by Gasteiger charge is -2.24. The first kappa shape index (κ1) is 14.1. The van der Waals surface area contributed by atoms with E-state index in [2.05, 4.69) is 43.2 Å². The SMILES string of the molecule is CC(C)[C@@]1(C)SC(N[C@@H](C)c2ccccc2)=NC1=O. The number of rotatable bonds is 3. The van der Waals surface area contributed by atoms with Crippen molar-refractivity contribution in [3.05, 3.63) is 35.9 Å². The molecule has 0 aliphatic carbocycles. The maximum Gasteiger partial charge on any atom is 0.264 e. The van der Waals surface area contributed by atoms with Crippen LogP contribution in [0.1, 0.15) is 39.3 Å². The summed E-state index contributed by atoms with van der Waals surface area (Å²) in [5.74, 6) is 0.232. The molecule has 2 rings (SSSR count). The van der Waals surface area contributed by atoms with Crippen molar-refractivity contribution in [2.24, 2.45) is 10.9 Å². The van der Waals surface area contributed by atoms with Crippen molar-refractivity contribution in [2.45, 2.75) is 38.5 Å². The molecule has 2 atom stereocenters. The van der Waals surface area contributed by atoms with Gasteiger partial charge in [0.25, 0.3) is 5.91 Å². The van der Waals surface area contributed by atoms with E-state index in [0.29, 0.717) is 0 Å². The molecule has 1 aliphatic rings. The summed E-state index contributed by atoms with van der Waals surface area (Å²) in [6, 6.07) is 10.3. The summed E-state index contributed by atoms with van der Waals surface area (Å²) in [7, 11) is 0. The predicted molar refractivity (Wildman–Crippen MR) is 81.3 cm³/mol. The lowest BCUT2D eigenvalue weighted by molar-refractivity contribution is -0.120. The van der Waals surface area contributed by atoms with Gasteiger partial charge in [0.2, 0.25) is 0 Å². The fraction of sp³-hybridized carbons (Fsp3) is 0.467. The van der Waals surface area contributed by atoms with Crippen LogP contribution in [0.4, 0.5) is 0 Å². The van der Waals surface area contributed by atoms with Gasteiger partial charge in [-0.25, -0.2) is 0 Å². The van der Waals surface area contributed by atoms with Crippen molar-refractivity contribution in [3.63, 3.8) is 0 Å². The lowest BCUT2D eigenvalue weighted by atomic mass is 9.96. The number of aliphatic imine (C=N–C) groups is 1. The van der Waals surface area contributed by atoms with Crippen LogP contribution in [0.2, 0.25) is 0 Å². The van der Waals surface area contributed by atoms with Gasteiger partial charge in [-0.15, -0.1) is 0 Å². The summed E-state index contributed by atoms with van der Waals surface area (Å²) < 4.78 is -0.432. The van der Waals surface area contributed by atoms with Gasteiger partial charge in [0.15, 0.2) is 5.17 Å². The number of hydrogen-bond donors (Lipinski definition) is 1. The molecule has 1 N–H and O–H groups in total. The standard InChI is InChI=1S/C15H20N2OS/c1-10(2)15(4)13(18)17-14(19-15)16-11(3)12-8-6-5-7-9-12/h5-11H,1-4H3,(H,16,17,18)/t11-,15+/m0/s1. The number of carbonyl (C=O) groups excluding carboxylic acids is 1. The maximum atomic E-state index is 12.0. The van der Waals surface area contributed by atoms with Crippen LogP contribution >= 0.6 is 11.8 Å². The molecule has 19 heavy (non-hydrogen) atoms. The first-order valence-electron chi connectivity index (χ1n) is 6.57. The number of hydrogen-bond acceptors (Lipinski definition) is 3. The Labute approximate surface area is 118 Å². The van der Waals surface area contributed by atoms with E-state index in [0.717, 1.165) is 5.17 Å². The molecule has 4 heteroatoms. The van der Waals surface area contributed by atoms with E-state index in [1.54, 1.807) is 11.8 Å². The molecule has 1 amide bonds. The minimum Gasteiger partial charge on any atom is -0.358 e. The highest BCUT2D eigenvalue weighted by atomic mass is 32.2. The molecule has 0 bridgehead atoms.